The zero-order valence-electron chi connectivity index (χ0n) is 8.48. The summed E-state index contributed by atoms with van der Waals surface area (Å²) in [5.74, 6) is 0. The molecular formula is C13H6ClF3. The first-order valence-electron chi connectivity index (χ1n) is 4.99. The van der Waals surface area contributed by atoms with Crippen LogP contribution in [0.5, 0.6) is 0 Å². The number of benzene rings is 4. The van der Waals surface area contributed by atoms with E-state index in [-0.39, 0.29) is 5.39 Å². The molecule has 0 saturated carbocycles. The van der Waals surface area contributed by atoms with E-state index in [0.29, 0.717) is 15.8 Å². The molecule has 4 aromatic carbocycles. The molecule has 0 aliphatic rings. The molecule has 0 nitrogen and oxygen atoms in total. The molecule has 0 amide bonds. The molecule has 4 aromatic rings. The molecule has 0 aliphatic heterocycles. The van der Waals surface area contributed by atoms with Crippen LogP contribution in [0.3, 0.4) is 0 Å². The molecule has 0 atom stereocenters. The van der Waals surface area contributed by atoms with Gasteiger partial charge in [-0.15, -0.1) is 0 Å². The van der Waals surface area contributed by atoms with Gasteiger partial charge in [0.2, 0.25) is 0 Å². The Morgan fingerprint density at radius 3 is 2.35 bits per heavy atom. The van der Waals surface area contributed by atoms with Gasteiger partial charge in [0.1, 0.15) is 0 Å². The molecule has 2 bridgehead atoms. The molecule has 0 saturated heterocycles. The molecule has 0 radical (unpaired) electrons. The minimum atomic E-state index is -4.36. The zero-order valence-corrected chi connectivity index (χ0v) is 9.23. The molecule has 4 rings (SSSR count). The second-order valence-corrected chi connectivity index (χ2v) is 4.33. The lowest BCUT2D eigenvalue weighted by Crippen LogP contribution is -2.06. The van der Waals surface area contributed by atoms with Crippen LogP contribution in [-0.2, 0) is 6.18 Å². The second-order valence-electron chi connectivity index (χ2n) is 3.92. The van der Waals surface area contributed by atoms with Crippen LogP contribution < -0.4 is 0 Å². The minimum Gasteiger partial charge on any atom is -0.166 e. The van der Waals surface area contributed by atoms with Gasteiger partial charge in [0.15, 0.2) is 0 Å². The summed E-state index contributed by atoms with van der Waals surface area (Å²) < 4.78 is 38.8. The van der Waals surface area contributed by atoms with Crippen molar-refractivity contribution >= 4 is 33.1 Å². The monoisotopic (exact) mass is 254 g/mol. The molecule has 0 unspecified atom stereocenters. The van der Waals surface area contributed by atoms with Gasteiger partial charge in [-0.1, -0.05) is 35.9 Å². The first-order chi connectivity index (χ1) is 7.98. The van der Waals surface area contributed by atoms with E-state index in [1.807, 2.05) is 0 Å². The number of halogens is 4. The van der Waals surface area contributed by atoms with Crippen LogP contribution in [0.15, 0.2) is 36.4 Å². The van der Waals surface area contributed by atoms with Gasteiger partial charge in [0.05, 0.1) is 5.56 Å². The number of hydrogen-bond donors (Lipinski definition) is 0. The van der Waals surface area contributed by atoms with Crippen molar-refractivity contribution in [2.75, 3.05) is 0 Å². The lowest BCUT2D eigenvalue weighted by molar-refractivity contribution is -0.136. The van der Waals surface area contributed by atoms with E-state index >= 15 is 0 Å². The van der Waals surface area contributed by atoms with E-state index in [2.05, 4.69) is 0 Å². The highest BCUT2D eigenvalue weighted by molar-refractivity contribution is 6.38. The van der Waals surface area contributed by atoms with Crippen LogP contribution >= 0.6 is 11.6 Å². The lowest BCUT2D eigenvalue weighted by Gasteiger charge is -2.15. The first-order valence-corrected chi connectivity index (χ1v) is 5.37. The Kier molecular flexibility index (Phi) is 2.05. The van der Waals surface area contributed by atoms with Gasteiger partial charge in [-0.2, -0.15) is 13.2 Å². The minimum absolute atomic E-state index is 0.199. The molecular weight excluding hydrogens is 249 g/mol. The molecule has 0 spiro atoms. The number of hydrogen-bond acceptors (Lipinski definition) is 0. The fraction of sp³-hybridized carbons (Fsp3) is 0.0769. The van der Waals surface area contributed by atoms with Gasteiger partial charge < -0.3 is 0 Å². The Morgan fingerprint density at radius 1 is 0.941 bits per heavy atom. The summed E-state index contributed by atoms with van der Waals surface area (Å²) in [6.45, 7) is 0. The van der Waals surface area contributed by atoms with Gasteiger partial charge >= 0.3 is 6.18 Å². The summed E-state index contributed by atoms with van der Waals surface area (Å²) in [7, 11) is 0. The summed E-state index contributed by atoms with van der Waals surface area (Å²) in [6, 6.07) is 9.30. The van der Waals surface area contributed by atoms with Crippen LogP contribution in [-0.4, -0.2) is 0 Å². The number of fused-ring (bicyclic) bond motifs is 2. The van der Waals surface area contributed by atoms with Crippen LogP contribution in [0.1, 0.15) is 5.56 Å². The summed E-state index contributed by atoms with van der Waals surface area (Å²) in [6.07, 6.45) is -4.36. The summed E-state index contributed by atoms with van der Waals surface area (Å²) in [5.41, 5.74) is -0.627. The molecule has 0 heterocycles. The predicted octanol–water partition coefficient (Wildman–Crippen LogP) is 5.10. The molecule has 0 aromatic heterocycles. The predicted molar refractivity (Wildman–Crippen MR) is 62.7 cm³/mol. The number of rotatable bonds is 0. The maximum absolute atomic E-state index is 12.9. The Balaban J connectivity index is 2.57. The highest BCUT2D eigenvalue weighted by atomic mass is 35.5. The summed E-state index contributed by atoms with van der Waals surface area (Å²) >= 11 is 5.95. The fourth-order valence-electron chi connectivity index (χ4n) is 2.20. The van der Waals surface area contributed by atoms with Crippen molar-refractivity contribution in [3.05, 3.63) is 47.0 Å². The van der Waals surface area contributed by atoms with Crippen LogP contribution in [0, 0.1) is 0 Å². The van der Waals surface area contributed by atoms with E-state index in [0.717, 1.165) is 11.5 Å². The Labute approximate surface area is 99.9 Å². The Hall–Kier alpha value is -1.48. The van der Waals surface area contributed by atoms with Crippen molar-refractivity contribution in [2.24, 2.45) is 0 Å². The molecule has 86 valence electrons. The van der Waals surface area contributed by atoms with Gasteiger partial charge in [-0.05, 0) is 22.9 Å². The van der Waals surface area contributed by atoms with Crippen molar-refractivity contribution in [1.29, 1.82) is 0 Å². The van der Waals surface area contributed by atoms with Gasteiger partial charge in [-0.3, -0.25) is 0 Å². The number of alkyl halides is 3. The normalized spacial score (nSPS) is 12.7. The molecule has 0 aliphatic carbocycles. The van der Waals surface area contributed by atoms with Gasteiger partial charge in [0.25, 0.3) is 0 Å². The topological polar surface area (TPSA) is 0 Å². The Bertz CT molecular complexity index is 700. The standard InChI is InChI=1S/C13H6ClF3/c14-11-6-7-4-5-9(11)12-8(7)2-1-3-10(12)13(15,16)17/h1-6H. The first kappa shape index (κ1) is 10.7. The third kappa shape index (κ3) is 1.46. The lowest BCUT2D eigenvalue weighted by atomic mass is 9.95. The van der Waals surface area contributed by atoms with Crippen molar-refractivity contribution < 1.29 is 13.2 Å². The van der Waals surface area contributed by atoms with Crippen molar-refractivity contribution in [3.63, 3.8) is 0 Å². The average molecular weight is 255 g/mol. The quantitative estimate of drug-likeness (QED) is 0.523. The summed E-state index contributed by atoms with van der Waals surface area (Å²) in [5, 5.41) is 2.34. The molecule has 17 heavy (non-hydrogen) atoms. The smallest absolute Gasteiger partial charge is 0.166 e. The highest BCUT2D eigenvalue weighted by Crippen LogP contribution is 2.41. The highest BCUT2D eigenvalue weighted by Gasteiger charge is 2.33. The van der Waals surface area contributed by atoms with E-state index < -0.39 is 11.7 Å². The average Bonchev–Trinajstić information content (AvgIpc) is 2.28. The van der Waals surface area contributed by atoms with Crippen LogP contribution in [0.4, 0.5) is 13.2 Å². The maximum atomic E-state index is 12.9. The molecule has 0 N–H and O–H groups in total. The van der Waals surface area contributed by atoms with E-state index in [9.17, 15) is 13.2 Å². The second kappa shape index (κ2) is 3.26. The molecule has 0 fully saturated rings. The van der Waals surface area contributed by atoms with Crippen LogP contribution in [0.2, 0.25) is 5.02 Å². The van der Waals surface area contributed by atoms with E-state index in [1.165, 1.54) is 6.07 Å². The maximum Gasteiger partial charge on any atom is 0.417 e. The SMILES string of the molecule is FC(F)(F)c1cccc2c3ccc(c(Cl)c3)c12. The van der Waals surface area contributed by atoms with Crippen molar-refractivity contribution in [1.82, 2.24) is 0 Å². The zero-order chi connectivity index (χ0) is 12.2. The van der Waals surface area contributed by atoms with Crippen LogP contribution in [0.25, 0.3) is 21.5 Å². The fourth-order valence-corrected chi connectivity index (χ4v) is 2.48. The third-order valence-corrected chi connectivity index (χ3v) is 3.23. The van der Waals surface area contributed by atoms with E-state index in [1.54, 1.807) is 24.3 Å². The van der Waals surface area contributed by atoms with Crippen molar-refractivity contribution in [2.45, 2.75) is 6.18 Å². The van der Waals surface area contributed by atoms with Gasteiger partial charge in [0, 0.05) is 15.8 Å². The Morgan fingerprint density at radius 2 is 1.71 bits per heavy atom. The van der Waals surface area contributed by atoms with E-state index in [4.69, 9.17) is 11.6 Å². The van der Waals surface area contributed by atoms with Gasteiger partial charge in [-0.25, -0.2) is 0 Å². The largest absolute Gasteiger partial charge is 0.417 e. The third-order valence-electron chi connectivity index (χ3n) is 2.92. The summed E-state index contributed by atoms with van der Waals surface area (Å²) in [4.78, 5) is 0. The van der Waals surface area contributed by atoms with Crippen molar-refractivity contribution in [3.8, 4) is 0 Å². The molecule has 4 heteroatoms.